The van der Waals surface area contributed by atoms with Crippen molar-refractivity contribution in [3.8, 4) is 5.75 Å². The molecule has 2 atom stereocenters. The van der Waals surface area contributed by atoms with Crippen LogP contribution in [0.25, 0.3) is 0 Å². The Morgan fingerprint density at radius 2 is 2.00 bits per heavy atom. The summed E-state index contributed by atoms with van der Waals surface area (Å²) in [5, 5.41) is 3.56. The number of fused-ring (bicyclic) bond motifs is 1. The molecule has 1 aliphatic carbocycles. The molecule has 0 aromatic heterocycles. The van der Waals surface area contributed by atoms with Gasteiger partial charge in [0.2, 0.25) is 0 Å². The van der Waals surface area contributed by atoms with Gasteiger partial charge in [-0.2, -0.15) is 0 Å². The van der Waals surface area contributed by atoms with E-state index >= 15 is 0 Å². The molecule has 118 valence electrons. The van der Waals surface area contributed by atoms with Gasteiger partial charge >= 0.3 is 5.97 Å². The Balaban J connectivity index is 1.35. The number of esters is 1. The molecule has 0 bridgehead atoms. The summed E-state index contributed by atoms with van der Waals surface area (Å²) in [6.07, 6.45) is 2.37. The summed E-state index contributed by atoms with van der Waals surface area (Å²) in [4.78, 5) is 11.5. The lowest BCUT2D eigenvalue weighted by atomic mass is 9.88. The summed E-state index contributed by atoms with van der Waals surface area (Å²) in [6.45, 7) is 1.21. The fraction of sp³-hybridized carbons (Fsp3) is 0.316. The first-order valence-corrected chi connectivity index (χ1v) is 8.03. The quantitative estimate of drug-likeness (QED) is 0.862. The molecule has 0 amide bonds. The zero-order chi connectivity index (χ0) is 15.6. The zero-order valence-electron chi connectivity index (χ0n) is 12.8. The molecule has 0 spiro atoms. The maximum atomic E-state index is 11.5. The first kappa shape index (κ1) is 14.3. The fourth-order valence-corrected chi connectivity index (χ4v) is 3.05. The second kappa shape index (κ2) is 6.05. The van der Waals surface area contributed by atoms with Gasteiger partial charge in [-0.25, -0.2) is 4.79 Å². The third-order valence-electron chi connectivity index (χ3n) is 4.57. The lowest BCUT2D eigenvalue weighted by Crippen LogP contribution is -2.50. The predicted octanol–water partition coefficient (Wildman–Crippen LogP) is 3.06. The summed E-state index contributed by atoms with van der Waals surface area (Å²) < 4.78 is 11.1. The van der Waals surface area contributed by atoms with Crippen LogP contribution in [0.4, 0.5) is 0 Å². The van der Waals surface area contributed by atoms with Crippen LogP contribution in [0.2, 0.25) is 0 Å². The van der Waals surface area contributed by atoms with Gasteiger partial charge in [-0.1, -0.05) is 30.3 Å². The molecule has 0 radical (unpaired) electrons. The van der Waals surface area contributed by atoms with Gasteiger partial charge in [-0.3, -0.25) is 0 Å². The summed E-state index contributed by atoms with van der Waals surface area (Å²) in [5.74, 6) is 0.579. The SMILES string of the molecule is O=C1OCc2cc(O[C@H]3CC[C@@H]3NCc3ccccc3)ccc21. The predicted molar refractivity (Wildman–Crippen MR) is 86.3 cm³/mol. The van der Waals surface area contributed by atoms with Crippen molar-refractivity contribution in [1.82, 2.24) is 5.32 Å². The minimum absolute atomic E-state index is 0.190. The molecule has 4 nitrogen and oxygen atoms in total. The standard InChI is InChI=1S/C19H19NO3/c21-19-16-7-6-15(10-14(16)12-22-19)23-18-9-8-17(18)20-11-13-4-2-1-3-5-13/h1-7,10,17-18,20H,8-9,11-12H2/t17-,18-/m0/s1. The minimum Gasteiger partial charge on any atom is -0.489 e. The molecular formula is C19H19NO3. The maximum Gasteiger partial charge on any atom is 0.338 e. The largest absolute Gasteiger partial charge is 0.489 e. The number of ether oxygens (including phenoxy) is 2. The highest BCUT2D eigenvalue weighted by Gasteiger charge is 2.32. The van der Waals surface area contributed by atoms with Gasteiger partial charge in [0.05, 0.1) is 5.56 Å². The summed E-state index contributed by atoms with van der Waals surface area (Å²) in [6, 6.07) is 16.3. The van der Waals surface area contributed by atoms with Gasteiger partial charge in [0.1, 0.15) is 18.5 Å². The van der Waals surface area contributed by atoms with Crippen LogP contribution < -0.4 is 10.1 Å². The molecule has 4 rings (SSSR count). The highest BCUT2D eigenvalue weighted by atomic mass is 16.5. The van der Waals surface area contributed by atoms with Crippen molar-refractivity contribution in [2.45, 2.75) is 38.1 Å². The van der Waals surface area contributed by atoms with Gasteiger partial charge < -0.3 is 14.8 Å². The van der Waals surface area contributed by atoms with E-state index in [2.05, 4.69) is 29.6 Å². The average molecular weight is 309 g/mol. The monoisotopic (exact) mass is 309 g/mol. The highest BCUT2D eigenvalue weighted by molar-refractivity contribution is 5.93. The first-order chi connectivity index (χ1) is 11.3. The molecule has 2 aliphatic rings. The summed E-state index contributed by atoms with van der Waals surface area (Å²) in [7, 11) is 0. The lowest BCUT2D eigenvalue weighted by Gasteiger charge is -2.37. The van der Waals surface area contributed by atoms with Crippen LogP contribution in [0.1, 0.15) is 34.3 Å². The number of benzene rings is 2. The maximum absolute atomic E-state index is 11.5. The fourth-order valence-electron chi connectivity index (χ4n) is 3.05. The second-order valence-electron chi connectivity index (χ2n) is 6.10. The van der Waals surface area contributed by atoms with E-state index in [-0.39, 0.29) is 12.1 Å². The van der Waals surface area contributed by atoms with Crippen molar-refractivity contribution >= 4 is 5.97 Å². The molecule has 1 fully saturated rings. The molecule has 1 aliphatic heterocycles. The molecule has 2 aromatic rings. The number of carbonyl (C=O) groups is 1. The van der Waals surface area contributed by atoms with Gasteiger partial charge in [0, 0.05) is 18.2 Å². The summed E-state index contributed by atoms with van der Waals surface area (Å²) >= 11 is 0. The number of carbonyl (C=O) groups excluding carboxylic acids is 1. The van der Waals surface area contributed by atoms with Crippen LogP contribution in [-0.4, -0.2) is 18.1 Å². The Bertz CT molecular complexity index is 714. The molecule has 1 saturated carbocycles. The van der Waals surface area contributed by atoms with Gasteiger partial charge in [0.15, 0.2) is 0 Å². The van der Waals surface area contributed by atoms with Crippen LogP contribution in [0.15, 0.2) is 48.5 Å². The molecule has 1 heterocycles. The van der Waals surface area contributed by atoms with Crippen molar-refractivity contribution in [2.75, 3.05) is 0 Å². The molecule has 23 heavy (non-hydrogen) atoms. The van der Waals surface area contributed by atoms with Gasteiger partial charge in [-0.05, 0) is 36.6 Å². The number of cyclic esters (lactones) is 1. The third-order valence-corrected chi connectivity index (χ3v) is 4.57. The second-order valence-corrected chi connectivity index (χ2v) is 6.10. The van der Waals surface area contributed by atoms with Crippen molar-refractivity contribution in [1.29, 1.82) is 0 Å². The topological polar surface area (TPSA) is 47.6 Å². The molecule has 1 N–H and O–H groups in total. The highest BCUT2D eigenvalue weighted by Crippen LogP contribution is 2.29. The normalized spacial score (nSPS) is 22.2. The Hall–Kier alpha value is -2.33. The molecule has 2 aromatic carbocycles. The average Bonchev–Trinajstić information content (AvgIpc) is 2.93. The van der Waals surface area contributed by atoms with Crippen LogP contribution in [-0.2, 0) is 17.9 Å². The van der Waals surface area contributed by atoms with Crippen LogP contribution in [0.3, 0.4) is 0 Å². The number of rotatable bonds is 5. The van der Waals surface area contributed by atoms with E-state index < -0.39 is 0 Å². The van der Waals surface area contributed by atoms with Gasteiger partial charge in [0.25, 0.3) is 0 Å². The van der Waals surface area contributed by atoms with E-state index in [9.17, 15) is 4.79 Å². The third kappa shape index (κ3) is 2.94. The zero-order valence-corrected chi connectivity index (χ0v) is 12.8. The van der Waals surface area contributed by atoms with E-state index in [0.29, 0.717) is 18.2 Å². The van der Waals surface area contributed by atoms with Crippen LogP contribution >= 0.6 is 0 Å². The summed E-state index contributed by atoms with van der Waals surface area (Å²) in [5.41, 5.74) is 2.86. The Kier molecular flexibility index (Phi) is 3.75. The van der Waals surface area contributed by atoms with Crippen molar-refractivity contribution < 1.29 is 14.3 Å². The number of nitrogens with one attached hydrogen (secondary N) is 1. The first-order valence-electron chi connectivity index (χ1n) is 8.03. The Morgan fingerprint density at radius 3 is 2.78 bits per heavy atom. The van der Waals surface area contributed by atoms with E-state index in [0.717, 1.165) is 30.7 Å². The van der Waals surface area contributed by atoms with Crippen molar-refractivity contribution in [2.24, 2.45) is 0 Å². The van der Waals surface area contributed by atoms with Crippen LogP contribution in [0.5, 0.6) is 5.75 Å². The van der Waals surface area contributed by atoms with E-state index in [4.69, 9.17) is 9.47 Å². The minimum atomic E-state index is -0.238. The lowest BCUT2D eigenvalue weighted by molar-refractivity contribution is 0.0534. The van der Waals surface area contributed by atoms with Crippen molar-refractivity contribution in [3.05, 3.63) is 65.2 Å². The number of hydrogen-bond acceptors (Lipinski definition) is 4. The number of hydrogen-bond donors (Lipinski definition) is 1. The smallest absolute Gasteiger partial charge is 0.338 e. The van der Waals surface area contributed by atoms with Crippen molar-refractivity contribution in [3.63, 3.8) is 0 Å². The van der Waals surface area contributed by atoms with Gasteiger partial charge in [-0.15, -0.1) is 0 Å². The molecular weight excluding hydrogens is 290 g/mol. The van der Waals surface area contributed by atoms with E-state index in [1.165, 1.54) is 5.56 Å². The van der Waals surface area contributed by atoms with E-state index in [1.807, 2.05) is 18.2 Å². The molecule has 0 saturated heterocycles. The molecule has 0 unspecified atom stereocenters. The molecule has 4 heteroatoms. The van der Waals surface area contributed by atoms with Crippen LogP contribution in [0, 0.1) is 0 Å². The Labute approximate surface area is 135 Å². The Morgan fingerprint density at radius 1 is 1.13 bits per heavy atom. The van der Waals surface area contributed by atoms with E-state index in [1.54, 1.807) is 6.07 Å².